The van der Waals surface area contributed by atoms with Crippen molar-refractivity contribution in [2.24, 2.45) is 0 Å². The van der Waals surface area contributed by atoms with Gasteiger partial charge >= 0.3 is 0 Å². The summed E-state index contributed by atoms with van der Waals surface area (Å²) in [6.45, 7) is 5.78. The first kappa shape index (κ1) is 18.9. The molecule has 0 bridgehead atoms. The molecule has 7 heteroatoms. The largest absolute Gasteiger partial charge is 0.351 e. The van der Waals surface area contributed by atoms with Crippen molar-refractivity contribution in [2.75, 3.05) is 12.3 Å². The van der Waals surface area contributed by atoms with Gasteiger partial charge in [-0.25, -0.2) is 0 Å². The van der Waals surface area contributed by atoms with Crippen LogP contribution in [0.15, 0.2) is 18.2 Å². The molecule has 0 spiro atoms. The molecule has 0 aromatic heterocycles. The van der Waals surface area contributed by atoms with Gasteiger partial charge in [0.15, 0.2) is 0 Å². The topological polar surface area (TPSA) is 83.5 Å². The quantitative estimate of drug-likeness (QED) is 0.816. The summed E-state index contributed by atoms with van der Waals surface area (Å²) in [7, 11) is -4.06. The number of amides is 1. The molecule has 0 saturated heterocycles. The van der Waals surface area contributed by atoms with Crippen LogP contribution in [0.1, 0.15) is 36.7 Å². The molecule has 20 heavy (non-hydrogen) atoms. The highest BCUT2D eigenvalue weighted by Gasteiger charge is 2.10. The second kappa shape index (κ2) is 8.94. The molecular formula is C13H20ClNO4S. The van der Waals surface area contributed by atoms with Gasteiger partial charge in [-0.1, -0.05) is 32.4 Å². The first-order chi connectivity index (χ1) is 9.33. The molecular weight excluding hydrogens is 302 g/mol. The van der Waals surface area contributed by atoms with Crippen LogP contribution in [-0.2, 0) is 16.5 Å². The molecule has 1 rings (SSSR count). The summed E-state index contributed by atoms with van der Waals surface area (Å²) in [5.41, 5.74) is 1.26. The molecule has 0 atom stereocenters. The van der Waals surface area contributed by atoms with E-state index in [0.29, 0.717) is 17.0 Å². The van der Waals surface area contributed by atoms with Crippen molar-refractivity contribution < 1.29 is 17.8 Å². The molecule has 1 aromatic carbocycles. The zero-order valence-corrected chi connectivity index (χ0v) is 13.4. The van der Waals surface area contributed by atoms with Gasteiger partial charge in [-0.05, 0) is 30.2 Å². The Morgan fingerprint density at radius 1 is 1.35 bits per heavy atom. The fourth-order valence-corrected chi connectivity index (χ4v) is 1.99. The van der Waals surface area contributed by atoms with E-state index in [1.165, 1.54) is 0 Å². The minimum Gasteiger partial charge on any atom is -0.351 e. The Bertz CT molecular complexity index is 543. The van der Waals surface area contributed by atoms with Crippen LogP contribution in [0.25, 0.3) is 0 Å². The van der Waals surface area contributed by atoms with E-state index in [9.17, 15) is 13.2 Å². The summed E-state index contributed by atoms with van der Waals surface area (Å²) in [5, 5.41) is 2.99. The Balaban J connectivity index is 0.00000172. The predicted molar refractivity (Wildman–Crippen MR) is 80.9 cm³/mol. The van der Waals surface area contributed by atoms with Crippen molar-refractivity contribution >= 4 is 27.6 Å². The number of nitrogens with one attached hydrogen (secondary N) is 1. The van der Waals surface area contributed by atoms with Crippen LogP contribution in [0.3, 0.4) is 0 Å². The van der Waals surface area contributed by atoms with Crippen LogP contribution >= 0.6 is 11.6 Å². The molecule has 1 aromatic rings. The van der Waals surface area contributed by atoms with Gasteiger partial charge in [0, 0.05) is 17.1 Å². The molecule has 0 aliphatic rings. The Morgan fingerprint density at radius 2 is 1.95 bits per heavy atom. The standard InChI is InChI=1S/C11H14ClNO4S.C2H6/c1-2-8-7-9(3-4-10(8)12)11(14)13-5-6-18(15,16)17;1-2/h3-4,7H,2,5-6H2,1H3,(H,13,14)(H,15,16,17);1-2H3. The summed E-state index contributed by atoms with van der Waals surface area (Å²) in [5.74, 6) is -0.905. The maximum atomic E-state index is 11.7. The Morgan fingerprint density at radius 3 is 2.45 bits per heavy atom. The van der Waals surface area contributed by atoms with Crippen molar-refractivity contribution in [1.82, 2.24) is 5.32 Å². The summed E-state index contributed by atoms with van der Waals surface area (Å²) in [4.78, 5) is 11.7. The van der Waals surface area contributed by atoms with Crippen LogP contribution < -0.4 is 5.32 Å². The first-order valence-corrected chi connectivity index (χ1v) is 8.34. The average molecular weight is 322 g/mol. The van der Waals surface area contributed by atoms with Crippen molar-refractivity contribution in [1.29, 1.82) is 0 Å². The molecule has 5 nitrogen and oxygen atoms in total. The van der Waals surface area contributed by atoms with E-state index in [2.05, 4.69) is 5.32 Å². The number of hydrogen-bond acceptors (Lipinski definition) is 3. The SMILES string of the molecule is CC.CCc1cc(C(=O)NCCS(=O)(=O)O)ccc1Cl. The molecule has 0 aliphatic heterocycles. The molecule has 0 saturated carbocycles. The van der Waals surface area contributed by atoms with Gasteiger partial charge < -0.3 is 5.32 Å². The fourth-order valence-electron chi connectivity index (χ4n) is 1.38. The van der Waals surface area contributed by atoms with Gasteiger partial charge in [-0.3, -0.25) is 9.35 Å². The zero-order chi connectivity index (χ0) is 15.8. The Kier molecular flexibility index (Phi) is 8.45. The normalized spacial score (nSPS) is 10.4. The molecule has 1 amide bonds. The molecule has 0 fully saturated rings. The van der Waals surface area contributed by atoms with Crippen molar-refractivity contribution in [2.45, 2.75) is 27.2 Å². The van der Waals surface area contributed by atoms with Gasteiger partial charge in [0.1, 0.15) is 0 Å². The molecule has 114 valence electrons. The smallest absolute Gasteiger partial charge is 0.266 e. The van der Waals surface area contributed by atoms with Gasteiger partial charge in [-0.15, -0.1) is 0 Å². The zero-order valence-electron chi connectivity index (χ0n) is 11.8. The van der Waals surface area contributed by atoms with Crippen molar-refractivity contribution in [3.8, 4) is 0 Å². The lowest BCUT2D eigenvalue weighted by Gasteiger charge is -2.06. The number of halogens is 1. The van der Waals surface area contributed by atoms with E-state index in [1.807, 2.05) is 20.8 Å². The van der Waals surface area contributed by atoms with Crippen LogP contribution in [-0.4, -0.2) is 31.2 Å². The van der Waals surface area contributed by atoms with E-state index in [1.54, 1.807) is 18.2 Å². The number of carbonyl (C=O) groups is 1. The lowest BCUT2D eigenvalue weighted by Crippen LogP contribution is -2.28. The van der Waals surface area contributed by atoms with E-state index in [4.69, 9.17) is 16.2 Å². The lowest BCUT2D eigenvalue weighted by molar-refractivity contribution is 0.0956. The average Bonchev–Trinajstić information content (AvgIpc) is 2.40. The number of rotatable bonds is 5. The predicted octanol–water partition coefficient (Wildman–Crippen LogP) is 2.55. The van der Waals surface area contributed by atoms with Crippen LogP contribution in [0.4, 0.5) is 0 Å². The molecule has 0 unspecified atom stereocenters. The number of carbonyl (C=O) groups excluding carboxylic acids is 1. The molecule has 0 radical (unpaired) electrons. The second-order valence-electron chi connectivity index (χ2n) is 3.70. The number of hydrogen-bond donors (Lipinski definition) is 2. The summed E-state index contributed by atoms with van der Waals surface area (Å²) >= 11 is 5.92. The second-order valence-corrected chi connectivity index (χ2v) is 5.68. The molecule has 0 aliphatic carbocycles. The summed E-state index contributed by atoms with van der Waals surface area (Å²) < 4.78 is 29.5. The van der Waals surface area contributed by atoms with Crippen LogP contribution in [0.2, 0.25) is 5.02 Å². The molecule has 2 N–H and O–H groups in total. The minimum absolute atomic E-state index is 0.137. The third-order valence-electron chi connectivity index (χ3n) is 2.33. The highest BCUT2D eigenvalue weighted by atomic mass is 35.5. The third-order valence-corrected chi connectivity index (χ3v) is 3.42. The Hall–Kier alpha value is -1.11. The maximum Gasteiger partial charge on any atom is 0.266 e. The fraction of sp³-hybridized carbons (Fsp3) is 0.462. The highest BCUT2D eigenvalue weighted by molar-refractivity contribution is 7.85. The van der Waals surface area contributed by atoms with Crippen molar-refractivity contribution in [3.63, 3.8) is 0 Å². The summed E-state index contributed by atoms with van der Waals surface area (Å²) in [6.07, 6.45) is 0.699. The van der Waals surface area contributed by atoms with Crippen LogP contribution in [0.5, 0.6) is 0 Å². The van der Waals surface area contributed by atoms with Gasteiger partial charge in [0.05, 0.1) is 5.75 Å². The maximum absolute atomic E-state index is 11.7. The van der Waals surface area contributed by atoms with Gasteiger partial charge in [0.25, 0.3) is 16.0 Å². The molecule has 0 heterocycles. The van der Waals surface area contributed by atoms with E-state index in [0.717, 1.165) is 5.56 Å². The van der Waals surface area contributed by atoms with Gasteiger partial charge in [0.2, 0.25) is 0 Å². The monoisotopic (exact) mass is 321 g/mol. The van der Waals surface area contributed by atoms with Crippen LogP contribution in [0, 0.1) is 0 Å². The summed E-state index contributed by atoms with van der Waals surface area (Å²) in [6, 6.07) is 4.84. The van der Waals surface area contributed by atoms with E-state index >= 15 is 0 Å². The lowest BCUT2D eigenvalue weighted by atomic mass is 10.1. The highest BCUT2D eigenvalue weighted by Crippen LogP contribution is 2.18. The number of benzene rings is 1. The number of aryl methyl sites for hydroxylation is 1. The first-order valence-electron chi connectivity index (χ1n) is 6.35. The van der Waals surface area contributed by atoms with E-state index in [-0.39, 0.29) is 6.54 Å². The third kappa shape index (κ3) is 6.88. The Labute approximate surface area is 125 Å². The minimum atomic E-state index is -4.06. The van der Waals surface area contributed by atoms with Crippen molar-refractivity contribution in [3.05, 3.63) is 34.3 Å². The van der Waals surface area contributed by atoms with E-state index < -0.39 is 21.8 Å². The van der Waals surface area contributed by atoms with Gasteiger partial charge in [-0.2, -0.15) is 8.42 Å².